The quantitative estimate of drug-likeness (QED) is 0.810. The zero-order valence-corrected chi connectivity index (χ0v) is 9.94. The van der Waals surface area contributed by atoms with E-state index >= 15 is 0 Å². The Morgan fingerprint density at radius 3 is 2.56 bits per heavy atom. The van der Waals surface area contributed by atoms with E-state index < -0.39 is 10.8 Å². The zero-order valence-electron chi connectivity index (χ0n) is 9.13. The minimum absolute atomic E-state index is 0.0150. The Kier molecular flexibility index (Phi) is 3.57. The summed E-state index contributed by atoms with van der Waals surface area (Å²) in [4.78, 5) is 0.871. The van der Waals surface area contributed by atoms with Crippen LogP contribution in [0.1, 0.15) is 24.2 Å². The molecule has 2 aromatic rings. The molecule has 1 heterocycles. The first-order chi connectivity index (χ1) is 7.83. The molecule has 0 unspecified atom stereocenters. The van der Waals surface area contributed by atoms with Gasteiger partial charge in [0.05, 0.1) is 28.6 Å². The lowest BCUT2D eigenvalue weighted by atomic mass is 10.2. The van der Waals surface area contributed by atoms with Gasteiger partial charge in [0, 0.05) is 10.5 Å². The molecule has 0 amide bonds. The number of benzene rings is 1. The van der Waals surface area contributed by atoms with Crippen LogP contribution in [0.5, 0.6) is 0 Å². The molecule has 0 aliphatic carbocycles. The molecule has 1 aromatic carbocycles. The molecule has 0 radical (unpaired) electrons. The van der Waals surface area contributed by atoms with Gasteiger partial charge in [-0.15, -0.1) is 0 Å². The van der Waals surface area contributed by atoms with Crippen LogP contribution in [-0.2, 0) is 10.8 Å². The fourth-order valence-corrected chi connectivity index (χ4v) is 3.13. The van der Waals surface area contributed by atoms with Gasteiger partial charge >= 0.3 is 0 Å². The Balaban J connectivity index is 2.27. The van der Waals surface area contributed by atoms with Crippen molar-refractivity contribution in [1.29, 1.82) is 0 Å². The van der Waals surface area contributed by atoms with Crippen molar-refractivity contribution in [2.45, 2.75) is 23.5 Å². The maximum absolute atomic E-state index is 12.3. The summed E-state index contributed by atoms with van der Waals surface area (Å²) in [5, 5.41) is 0.0150. The summed E-state index contributed by atoms with van der Waals surface area (Å²) in [6.07, 6.45) is 4.14. The van der Waals surface area contributed by atoms with Crippen molar-refractivity contribution in [3.63, 3.8) is 0 Å². The van der Waals surface area contributed by atoms with Crippen molar-refractivity contribution < 1.29 is 8.63 Å². The highest BCUT2D eigenvalue weighted by molar-refractivity contribution is 7.85. The van der Waals surface area contributed by atoms with Crippen LogP contribution in [0.25, 0.3) is 0 Å². The predicted molar refractivity (Wildman–Crippen MR) is 64.6 cm³/mol. The van der Waals surface area contributed by atoms with Gasteiger partial charge in [-0.05, 0) is 24.6 Å². The lowest BCUT2D eigenvalue weighted by molar-refractivity contribution is 0.562. The molecule has 84 valence electrons. The standard InChI is InChI=1S/C13H14O2S/c1-2-13(11-8-9-15-10-11)16(14)12-6-4-3-5-7-12/h3-10,13H,2H2,1H3/t13-,16+/m1/s1. The molecule has 0 spiro atoms. The van der Waals surface area contributed by atoms with Crippen molar-refractivity contribution in [1.82, 2.24) is 0 Å². The molecule has 0 bridgehead atoms. The lowest BCUT2D eigenvalue weighted by Gasteiger charge is -2.12. The van der Waals surface area contributed by atoms with E-state index in [1.165, 1.54) is 0 Å². The Morgan fingerprint density at radius 1 is 1.25 bits per heavy atom. The number of hydrogen-bond acceptors (Lipinski definition) is 2. The first kappa shape index (κ1) is 11.1. The van der Waals surface area contributed by atoms with Crippen LogP contribution in [0.3, 0.4) is 0 Å². The molecule has 1 aromatic heterocycles. The Labute approximate surface area is 97.8 Å². The third-order valence-corrected chi connectivity index (χ3v) is 4.38. The summed E-state index contributed by atoms with van der Waals surface area (Å²) in [5.74, 6) is 0. The molecule has 0 aliphatic rings. The van der Waals surface area contributed by atoms with E-state index in [1.807, 2.05) is 43.3 Å². The van der Waals surface area contributed by atoms with E-state index in [0.29, 0.717) is 0 Å². The van der Waals surface area contributed by atoms with Gasteiger partial charge in [0.1, 0.15) is 0 Å². The number of hydrogen-bond donors (Lipinski definition) is 0. The van der Waals surface area contributed by atoms with Crippen molar-refractivity contribution in [3.05, 3.63) is 54.5 Å². The third kappa shape index (κ3) is 2.25. The summed E-state index contributed by atoms with van der Waals surface area (Å²) in [6.45, 7) is 2.04. The predicted octanol–water partition coefficient (Wildman–Crippen LogP) is 3.54. The van der Waals surface area contributed by atoms with Crippen molar-refractivity contribution in [2.24, 2.45) is 0 Å². The average molecular weight is 234 g/mol. The summed E-state index contributed by atoms with van der Waals surface area (Å²) < 4.78 is 17.4. The largest absolute Gasteiger partial charge is 0.472 e. The van der Waals surface area contributed by atoms with Gasteiger partial charge in [0.2, 0.25) is 0 Å². The van der Waals surface area contributed by atoms with Crippen LogP contribution in [0.2, 0.25) is 0 Å². The number of furan rings is 1. The molecule has 2 nitrogen and oxygen atoms in total. The average Bonchev–Trinajstić information content (AvgIpc) is 2.85. The first-order valence-electron chi connectivity index (χ1n) is 5.30. The van der Waals surface area contributed by atoms with Gasteiger partial charge in [0.15, 0.2) is 0 Å². The third-order valence-electron chi connectivity index (χ3n) is 2.52. The van der Waals surface area contributed by atoms with Gasteiger partial charge in [-0.2, -0.15) is 0 Å². The lowest BCUT2D eigenvalue weighted by Crippen LogP contribution is -2.04. The molecule has 2 atom stereocenters. The second-order valence-corrected chi connectivity index (χ2v) is 5.20. The van der Waals surface area contributed by atoms with Gasteiger partial charge in [-0.25, -0.2) is 0 Å². The van der Waals surface area contributed by atoms with E-state index in [4.69, 9.17) is 4.42 Å². The first-order valence-corrected chi connectivity index (χ1v) is 6.52. The van der Waals surface area contributed by atoms with E-state index in [2.05, 4.69) is 0 Å². The summed E-state index contributed by atoms with van der Waals surface area (Å²) in [5.41, 5.74) is 1.00. The maximum Gasteiger partial charge on any atom is 0.0946 e. The monoisotopic (exact) mass is 234 g/mol. The molecule has 0 saturated carbocycles. The smallest absolute Gasteiger partial charge is 0.0946 e. The summed E-state index contributed by atoms with van der Waals surface area (Å²) in [6, 6.07) is 11.4. The summed E-state index contributed by atoms with van der Waals surface area (Å²) >= 11 is 0. The molecular weight excluding hydrogens is 220 g/mol. The molecule has 0 saturated heterocycles. The molecule has 3 heteroatoms. The second-order valence-electron chi connectivity index (χ2n) is 3.56. The normalized spacial score (nSPS) is 14.6. The van der Waals surface area contributed by atoms with Gasteiger partial charge in [0.25, 0.3) is 0 Å². The Bertz CT molecular complexity index is 448. The van der Waals surface area contributed by atoms with Crippen LogP contribution in [-0.4, -0.2) is 4.21 Å². The molecular formula is C13H14O2S. The van der Waals surface area contributed by atoms with Gasteiger partial charge in [-0.3, -0.25) is 4.21 Å². The molecule has 0 N–H and O–H groups in total. The molecule has 2 rings (SSSR count). The van der Waals surface area contributed by atoms with Gasteiger partial charge in [-0.1, -0.05) is 25.1 Å². The van der Waals surface area contributed by atoms with Crippen molar-refractivity contribution in [3.8, 4) is 0 Å². The number of rotatable bonds is 4. The minimum atomic E-state index is -1.01. The Morgan fingerprint density at radius 2 is 2.00 bits per heavy atom. The van der Waals surface area contributed by atoms with Crippen LogP contribution in [0, 0.1) is 0 Å². The maximum atomic E-state index is 12.3. The molecule has 0 aliphatic heterocycles. The highest BCUT2D eigenvalue weighted by atomic mass is 32.2. The van der Waals surface area contributed by atoms with E-state index in [0.717, 1.165) is 16.9 Å². The summed E-state index contributed by atoms with van der Waals surface area (Å²) in [7, 11) is -1.01. The zero-order chi connectivity index (χ0) is 11.4. The fraction of sp³-hybridized carbons (Fsp3) is 0.231. The van der Waals surface area contributed by atoms with E-state index in [1.54, 1.807) is 12.5 Å². The van der Waals surface area contributed by atoms with Gasteiger partial charge < -0.3 is 4.42 Å². The highest BCUT2D eigenvalue weighted by Crippen LogP contribution is 2.28. The van der Waals surface area contributed by atoms with Crippen LogP contribution in [0.15, 0.2) is 58.2 Å². The van der Waals surface area contributed by atoms with E-state index in [9.17, 15) is 4.21 Å². The minimum Gasteiger partial charge on any atom is -0.472 e. The van der Waals surface area contributed by atoms with Crippen molar-refractivity contribution in [2.75, 3.05) is 0 Å². The SMILES string of the molecule is CC[C@H](c1ccoc1)[S@@](=O)c1ccccc1. The van der Waals surface area contributed by atoms with Crippen LogP contribution in [0.4, 0.5) is 0 Å². The molecule has 16 heavy (non-hydrogen) atoms. The van der Waals surface area contributed by atoms with Crippen LogP contribution >= 0.6 is 0 Å². The molecule has 0 fully saturated rings. The topological polar surface area (TPSA) is 30.2 Å². The van der Waals surface area contributed by atoms with Crippen molar-refractivity contribution >= 4 is 10.8 Å². The second kappa shape index (κ2) is 5.12. The van der Waals surface area contributed by atoms with Crippen LogP contribution < -0.4 is 0 Å². The fourth-order valence-electron chi connectivity index (χ4n) is 1.69. The Hall–Kier alpha value is -1.35. The van der Waals surface area contributed by atoms with E-state index in [-0.39, 0.29) is 5.25 Å². The highest BCUT2D eigenvalue weighted by Gasteiger charge is 2.19.